The van der Waals surface area contributed by atoms with Crippen LogP contribution in [0.1, 0.15) is 24.2 Å². The molecule has 2 N–H and O–H groups in total. The molecule has 7 heteroatoms. The molecule has 0 aliphatic heterocycles. The highest BCUT2D eigenvalue weighted by molar-refractivity contribution is 9.10. The average molecular weight is 322 g/mol. The Kier molecular flexibility index (Phi) is 4.16. The van der Waals surface area contributed by atoms with E-state index in [9.17, 15) is 13.2 Å². The van der Waals surface area contributed by atoms with Crippen molar-refractivity contribution in [3.8, 4) is 0 Å². The largest absolute Gasteiger partial charge is 0.478 e. The van der Waals surface area contributed by atoms with E-state index in [0.717, 1.165) is 0 Å². The molecule has 0 aliphatic carbocycles. The van der Waals surface area contributed by atoms with Gasteiger partial charge in [-0.3, -0.25) is 4.72 Å². The van der Waals surface area contributed by atoms with E-state index in [4.69, 9.17) is 5.11 Å². The summed E-state index contributed by atoms with van der Waals surface area (Å²) in [7, 11) is -3.47. The Labute approximate surface area is 108 Å². The fraction of sp³-hybridized carbons (Fsp3) is 0.300. The maximum atomic E-state index is 11.6. The molecule has 0 unspecified atom stereocenters. The number of anilines is 1. The van der Waals surface area contributed by atoms with Crippen LogP contribution >= 0.6 is 15.9 Å². The van der Waals surface area contributed by atoms with E-state index >= 15 is 0 Å². The summed E-state index contributed by atoms with van der Waals surface area (Å²) >= 11 is 3.13. The van der Waals surface area contributed by atoms with Crippen LogP contribution in [-0.4, -0.2) is 24.7 Å². The smallest absolute Gasteiger partial charge is 0.335 e. The van der Waals surface area contributed by atoms with Crippen LogP contribution in [0.5, 0.6) is 0 Å². The molecule has 0 atom stereocenters. The molecule has 0 radical (unpaired) electrons. The number of sulfonamides is 1. The molecular weight excluding hydrogens is 310 g/mol. The molecule has 0 saturated carbocycles. The zero-order valence-corrected chi connectivity index (χ0v) is 11.7. The van der Waals surface area contributed by atoms with E-state index in [-0.39, 0.29) is 11.3 Å². The molecule has 0 aromatic heterocycles. The highest BCUT2D eigenvalue weighted by Crippen LogP contribution is 2.21. The van der Waals surface area contributed by atoms with Gasteiger partial charge in [-0.2, -0.15) is 0 Å². The van der Waals surface area contributed by atoms with Gasteiger partial charge in [-0.15, -0.1) is 0 Å². The van der Waals surface area contributed by atoms with Crippen LogP contribution in [0.3, 0.4) is 0 Å². The van der Waals surface area contributed by atoms with Gasteiger partial charge in [0.1, 0.15) is 0 Å². The van der Waals surface area contributed by atoms with Crippen LogP contribution in [-0.2, 0) is 10.0 Å². The molecule has 0 spiro atoms. The number of hydrogen-bond acceptors (Lipinski definition) is 3. The second-order valence-electron chi connectivity index (χ2n) is 3.73. The molecule has 0 bridgehead atoms. The van der Waals surface area contributed by atoms with Gasteiger partial charge >= 0.3 is 5.97 Å². The molecule has 0 amide bonds. The van der Waals surface area contributed by atoms with Crippen molar-refractivity contribution in [2.24, 2.45) is 0 Å². The summed E-state index contributed by atoms with van der Waals surface area (Å²) in [5, 5.41) is 8.25. The van der Waals surface area contributed by atoms with E-state index in [2.05, 4.69) is 20.7 Å². The van der Waals surface area contributed by atoms with Gasteiger partial charge in [0.15, 0.2) is 0 Å². The molecule has 5 nitrogen and oxygen atoms in total. The second-order valence-corrected chi connectivity index (χ2v) is 6.88. The Bertz CT molecular complexity index is 539. The summed E-state index contributed by atoms with van der Waals surface area (Å²) in [5.41, 5.74) is 0.242. The minimum atomic E-state index is -3.47. The topological polar surface area (TPSA) is 83.5 Å². The lowest BCUT2D eigenvalue weighted by Crippen LogP contribution is -2.22. The van der Waals surface area contributed by atoms with E-state index in [1.54, 1.807) is 13.8 Å². The molecule has 0 fully saturated rings. The van der Waals surface area contributed by atoms with Crippen LogP contribution in [0.2, 0.25) is 0 Å². The number of halogens is 1. The first kappa shape index (κ1) is 14.0. The normalized spacial score (nSPS) is 11.5. The van der Waals surface area contributed by atoms with E-state index in [0.29, 0.717) is 4.47 Å². The number of hydrogen-bond donors (Lipinski definition) is 2. The maximum absolute atomic E-state index is 11.6. The Morgan fingerprint density at radius 2 is 1.94 bits per heavy atom. The summed E-state index contributed by atoms with van der Waals surface area (Å²) in [6.07, 6.45) is 0. The van der Waals surface area contributed by atoms with Crippen molar-refractivity contribution < 1.29 is 18.3 Å². The molecular formula is C10H12BrNO4S. The summed E-state index contributed by atoms with van der Waals surface area (Å²) in [5.74, 6) is -1.11. The third kappa shape index (κ3) is 3.71. The lowest BCUT2D eigenvalue weighted by atomic mass is 10.2. The number of aromatic carboxylic acids is 1. The summed E-state index contributed by atoms with van der Waals surface area (Å²) in [6.45, 7) is 3.08. The van der Waals surface area contributed by atoms with Crippen molar-refractivity contribution >= 4 is 37.6 Å². The Morgan fingerprint density at radius 1 is 1.35 bits per heavy atom. The van der Waals surface area contributed by atoms with Gasteiger partial charge in [-0.05, 0) is 32.0 Å². The van der Waals surface area contributed by atoms with Crippen molar-refractivity contribution in [1.82, 2.24) is 0 Å². The van der Waals surface area contributed by atoms with Crippen LogP contribution in [0, 0.1) is 0 Å². The van der Waals surface area contributed by atoms with Gasteiger partial charge in [0.05, 0.1) is 16.5 Å². The molecule has 0 aliphatic rings. The van der Waals surface area contributed by atoms with E-state index in [1.165, 1.54) is 18.2 Å². The van der Waals surface area contributed by atoms with Crippen molar-refractivity contribution in [2.45, 2.75) is 19.1 Å². The first-order valence-corrected chi connectivity index (χ1v) is 7.12. The minimum absolute atomic E-state index is 0.0147. The second kappa shape index (κ2) is 5.05. The zero-order valence-electron chi connectivity index (χ0n) is 9.27. The standard InChI is InChI=1S/C10H12BrNO4S/c1-6(2)17(15,16)12-9-4-7(10(13)14)3-8(11)5-9/h3-6,12H,1-2H3,(H,13,14). The molecule has 1 aromatic rings. The highest BCUT2D eigenvalue weighted by atomic mass is 79.9. The molecule has 0 saturated heterocycles. The number of nitrogens with one attached hydrogen (secondary N) is 1. The molecule has 94 valence electrons. The molecule has 17 heavy (non-hydrogen) atoms. The Balaban J connectivity index is 3.12. The monoisotopic (exact) mass is 321 g/mol. The summed E-state index contributed by atoms with van der Waals surface area (Å²) in [6, 6.07) is 4.18. The number of carbonyl (C=O) groups is 1. The van der Waals surface area contributed by atoms with Crippen molar-refractivity contribution in [1.29, 1.82) is 0 Å². The Hall–Kier alpha value is -1.08. The van der Waals surface area contributed by atoms with Crippen LogP contribution in [0.15, 0.2) is 22.7 Å². The predicted octanol–water partition coefficient (Wildman–Crippen LogP) is 2.30. The van der Waals surface area contributed by atoms with Crippen molar-refractivity contribution in [3.63, 3.8) is 0 Å². The van der Waals surface area contributed by atoms with Crippen molar-refractivity contribution in [2.75, 3.05) is 4.72 Å². The highest BCUT2D eigenvalue weighted by Gasteiger charge is 2.16. The third-order valence-electron chi connectivity index (χ3n) is 2.03. The fourth-order valence-electron chi connectivity index (χ4n) is 1.05. The Morgan fingerprint density at radius 3 is 2.41 bits per heavy atom. The number of carboxylic acid groups (broad SMARTS) is 1. The number of rotatable bonds is 4. The fourth-order valence-corrected chi connectivity index (χ4v) is 2.23. The zero-order chi connectivity index (χ0) is 13.2. The lowest BCUT2D eigenvalue weighted by Gasteiger charge is -2.11. The van der Waals surface area contributed by atoms with Gasteiger partial charge in [0, 0.05) is 4.47 Å². The average Bonchev–Trinajstić information content (AvgIpc) is 2.15. The van der Waals surface area contributed by atoms with Crippen LogP contribution < -0.4 is 4.72 Å². The van der Waals surface area contributed by atoms with Gasteiger partial charge in [0.25, 0.3) is 0 Å². The first-order valence-electron chi connectivity index (χ1n) is 4.78. The maximum Gasteiger partial charge on any atom is 0.335 e. The summed E-state index contributed by atoms with van der Waals surface area (Å²) in [4.78, 5) is 10.8. The van der Waals surface area contributed by atoms with Gasteiger partial charge in [-0.25, -0.2) is 13.2 Å². The quantitative estimate of drug-likeness (QED) is 0.891. The van der Waals surface area contributed by atoms with Crippen LogP contribution in [0.25, 0.3) is 0 Å². The predicted molar refractivity (Wildman–Crippen MR) is 68.8 cm³/mol. The van der Waals surface area contributed by atoms with Gasteiger partial charge in [-0.1, -0.05) is 15.9 Å². The van der Waals surface area contributed by atoms with Crippen LogP contribution in [0.4, 0.5) is 5.69 Å². The molecule has 1 rings (SSSR count). The van der Waals surface area contributed by atoms with Gasteiger partial charge in [0.2, 0.25) is 10.0 Å². The molecule has 1 aromatic carbocycles. The van der Waals surface area contributed by atoms with E-state index < -0.39 is 21.2 Å². The number of carboxylic acids is 1. The third-order valence-corrected chi connectivity index (χ3v) is 4.24. The summed E-state index contributed by atoms with van der Waals surface area (Å²) < 4.78 is 26.1. The SMILES string of the molecule is CC(C)S(=O)(=O)Nc1cc(Br)cc(C(=O)O)c1. The van der Waals surface area contributed by atoms with Gasteiger partial charge < -0.3 is 5.11 Å². The van der Waals surface area contributed by atoms with Crippen molar-refractivity contribution in [3.05, 3.63) is 28.2 Å². The van der Waals surface area contributed by atoms with E-state index in [1.807, 2.05) is 0 Å². The molecule has 0 heterocycles. The first-order chi connectivity index (χ1) is 7.72. The minimum Gasteiger partial charge on any atom is -0.478 e. The lowest BCUT2D eigenvalue weighted by molar-refractivity contribution is 0.0697. The number of benzene rings is 1.